The summed E-state index contributed by atoms with van der Waals surface area (Å²) in [6.45, 7) is 6.28. The number of hydrogen-bond acceptors (Lipinski definition) is 6. The molecule has 1 atom stereocenters. The lowest BCUT2D eigenvalue weighted by atomic mass is 9.97. The third-order valence-electron chi connectivity index (χ3n) is 5.63. The zero-order chi connectivity index (χ0) is 23.7. The predicted octanol–water partition coefficient (Wildman–Crippen LogP) is 4.65. The second-order valence-corrected chi connectivity index (χ2v) is 7.87. The highest BCUT2D eigenvalue weighted by Gasteiger charge is 2.29. The third kappa shape index (κ3) is 4.20. The van der Waals surface area contributed by atoms with E-state index >= 15 is 8.78 Å². The highest BCUT2D eigenvalue weighted by molar-refractivity contribution is 5.96. The van der Waals surface area contributed by atoms with E-state index < -0.39 is 17.6 Å². The van der Waals surface area contributed by atoms with Crippen LogP contribution in [0.25, 0.3) is 22.4 Å². The number of aromatic nitrogens is 3. The van der Waals surface area contributed by atoms with Gasteiger partial charge in [0.25, 0.3) is 0 Å². The van der Waals surface area contributed by atoms with Crippen molar-refractivity contribution in [1.82, 2.24) is 14.8 Å². The Hall–Kier alpha value is -3.33. The van der Waals surface area contributed by atoms with Crippen LogP contribution >= 0.6 is 0 Å². The molecule has 0 radical (unpaired) electrons. The van der Waals surface area contributed by atoms with Gasteiger partial charge in [-0.05, 0) is 51.0 Å². The molecule has 0 amide bonds. The van der Waals surface area contributed by atoms with Gasteiger partial charge in [-0.15, -0.1) is 0 Å². The van der Waals surface area contributed by atoms with E-state index in [4.69, 9.17) is 14.2 Å². The van der Waals surface area contributed by atoms with Crippen LogP contribution in [0.3, 0.4) is 0 Å². The number of rotatable bonds is 6. The van der Waals surface area contributed by atoms with E-state index in [1.807, 2.05) is 0 Å². The molecule has 1 unspecified atom stereocenters. The van der Waals surface area contributed by atoms with Crippen LogP contribution in [-0.2, 0) is 9.47 Å². The highest BCUT2D eigenvalue weighted by Crippen LogP contribution is 2.39. The molecule has 1 aliphatic heterocycles. The Morgan fingerprint density at radius 1 is 1.21 bits per heavy atom. The number of methoxy groups -OCH3 is 1. The summed E-state index contributed by atoms with van der Waals surface area (Å²) in [4.78, 5) is 16.9. The fraction of sp³-hybridized carbons (Fsp3) is 0.375. The topological polar surface area (TPSA) is 75.5 Å². The number of nitrogens with zero attached hydrogens (tertiary/aromatic N) is 3. The van der Waals surface area contributed by atoms with Gasteiger partial charge >= 0.3 is 5.97 Å². The van der Waals surface area contributed by atoms with E-state index in [1.54, 1.807) is 26.8 Å². The normalized spacial score (nSPS) is 15.6. The Morgan fingerprint density at radius 3 is 2.61 bits per heavy atom. The Labute approximate surface area is 190 Å². The molecule has 2 aromatic heterocycles. The summed E-state index contributed by atoms with van der Waals surface area (Å²) < 4.78 is 48.5. The minimum absolute atomic E-state index is 0.0195. The molecule has 0 spiro atoms. The van der Waals surface area contributed by atoms with E-state index in [0.717, 1.165) is 12.1 Å². The zero-order valence-corrected chi connectivity index (χ0v) is 18.9. The van der Waals surface area contributed by atoms with Gasteiger partial charge in [0.2, 0.25) is 5.88 Å². The molecule has 1 fully saturated rings. The first-order valence-electron chi connectivity index (χ1n) is 10.7. The van der Waals surface area contributed by atoms with E-state index in [2.05, 4.69) is 10.1 Å². The Morgan fingerprint density at radius 2 is 1.94 bits per heavy atom. The molecule has 0 N–H and O–H groups in total. The van der Waals surface area contributed by atoms with Gasteiger partial charge in [0, 0.05) is 29.0 Å². The van der Waals surface area contributed by atoms with Gasteiger partial charge in [-0.1, -0.05) is 0 Å². The summed E-state index contributed by atoms with van der Waals surface area (Å²) in [6, 6.07) is 3.75. The summed E-state index contributed by atoms with van der Waals surface area (Å²) in [5, 5.41) is 4.30. The first-order valence-corrected chi connectivity index (χ1v) is 10.7. The number of benzene rings is 1. The SMILES string of the molecule is CCOC(=O)c1cnn(C2CCOC2)c1-c1cc(F)c(-c2c(C)cc(C)nc2OC)cc1F. The molecular formula is C24H25F2N3O4. The third-order valence-corrected chi connectivity index (χ3v) is 5.63. The number of pyridine rings is 1. The summed E-state index contributed by atoms with van der Waals surface area (Å²) >= 11 is 0. The van der Waals surface area contributed by atoms with Crippen LogP contribution < -0.4 is 4.74 Å². The van der Waals surface area contributed by atoms with Crippen LogP contribution in [0, 0.1) is 25.5 Å². The van der Waals surface area contributed by atoms with Crippen LogP contribution in [-0.4, -0.2) is 47.7 Å². The van der Waals surface area contributed by atoms with Gasteiger partial charge in [0.05, 0.1) is 38.3 Å². The van der Waals surface area contributed by atoms with Crippen molar-refractivity contribution in [3.8, 4) is 28.3 Å². The van der Waals surface area contributed by atoms with Crippen LogP contribution in [0.4, 0.5) is 8.78 Å². The molecule has 1 aromatic carbocycles. The Bertz CT molecular complexity index is 1200. The second kappa shape index (κ2) is 9.27. The molecule has 7 nitrogen and oxygen atoms in total. The number of halogens is 2. The fourth-order valence-corrected chi connectivity index (χ4v) is 4.18. The standard InChI is InChI=1S/C24H25F2N3O4/c1-5-33-24(30)18-11-27-29(15-6-7-32-12-15)22(18)17-10-19(25)16(9-20(17)26)21-13(2)8-14(3)28-23(21)31-4/h8-11,15H,5-7,12H2,1-4H3. The minimum atomic E-state index is -0.709. The number of ether oxygens (including phenoxy) is 3. The fourth-order valence-electron chi connectivity index (χ4n) is 4.18. The van der Waals surface area contributed by atoms with Crippen molar-refractivity contribution in [3.05, 3.63) is 52.9 Å². The van der Waals surface area contributed by atoms with Crippen LogP contribution in [0.5, 0.6) is 5.88 Å². The second-order valence-electron chi connectivity index (χ2n) is 7.87. The summed E-state index contributed by atoms with van der Waals surface area (Å²) in [7, 11) is 1.43. The predicted molar refractivity (Wildman–Crippen MR) is 117 cm³/mol. The molecule has 1 saturated heterocycles. The molecule has 0 bridgehead atoms. The molecule has 1 aliphatic rings. The first-order chi connectivity index (χ1) is 15.8. The van der Waals surface area contributed by atoms with Gasteiger partial charge in [0.15, 0.2) is 0 Å². The average Bonchev–Trinajstić information content (AvgIpc) is 3.44. The van der Waals surface area contributed by atoms with Crippen molar-refractivity contribution in [2.45, 2.75) is 33.2 Å². The average molecular weight is 457 g/mol. The Kier molecular flexibility index (Phi) is 6.42. The maximum absolute atomic E-state index is 15.6. The molecule has 9 heteroatoms. The Balaban J connectivity index is 1.89. The van der Waals surface area contributed by atoms with Crippen LogP contribution in [0.2, 0.25) is 0 Å². The minimum Gasteiger partial charge on any atom is -0.481 e. The maximum atomic E-state index is 15.6. The number of esters is 1. The number of aryl methyl sites for hydroxylation is 2. The van der Waals surface area contributed by atoms with E-state index in [1.165, 1.54) is 18.0 Å². The molecular weight excluding hydrogens is 432 g/mol. The van der Waals surface area contributed by atoms with Crippen molar-refractivity contribution >= 4 is 5.97 Å². The van der Waals surface area contributed by atoms with Crippen molar-refractivity contribution in [2.75, 3.05) is 26.9 Å². The highest BCUT2D eigenvalue weighted by atomic mass is 19.1. The van der Waals surface area contributed by atoms with Gasteiger partial charge in [0.1, 0.15) is 17.2 Å². The summed E-state index contributed by atoms with van der Waals surface area (Å²) in [5.41, 5.74) is 1.94. The lowest BCUT2D eigenvalue weighted by Gasteiger charge is -2.17. The molecule has 3 aromatic rings. The van der Waals surface area contributed by atoms with Gasteiger partial charge in [-0.2, -0.15) is 5.10 Å². The van der Waals surface area contributed by atoms with Gasteiger partial charge in [-0.25, -0.2) is 18.6 Å². The lowest BCUT2D eigenvalue weighted by Crippen LogP contribution is -2.14. The number of hydrogen-bond donors (Lipinski definition) is 0. The summed E-state index contributed by atoms with van der Waals surface area (Å²) in [6.07, 6.45) is 1.97. The van der Waals surface area contributed by atoms with Gasteiger partial charge in [-0.3, -0.25) is 4.68 Å². The molecule has 0 aliphatic carbocycles. The van der Waals surface area contributed by atoms with E-state index in [9.17, 15) is 4.79 Å². The number of carbonyl (C=O) groups excluding carboxylic acids is 1. The monoisotopic (exact) mass is 457 g/mol. The quantitative estimate of drug-likeness (QED) is 0.502. The lowest BCUT2D eigenvalue weighted by molar-refractivity contribution is 0.0527. The smallest absolute Gasteiger partial charge is 0.341 e. The van der Waals surface area contributed by atoms with Crippen LogP contribution in [0.15, 0.2) is 24.4 Å². The zero-order valence-electron chi connectivity index (χ0n) is 18.9. The first kappa shape index (κ1) is 22.8. The molecule has 174 valence electrons. The van der Waals surface area contributed by atoms with Crippen molar-refractivity contribution in [2.24, 2.45) is 0 Å². The van der Waals surface area contributed by atoms with E-state index in [-0.39, 0.29) is 40.9 Å². The van der Waals surface area contributed by atoms with Crippen molar-refractivity contribution in [3.63, 3.8) is 0 Å². The largest absolute Gasteiger partial charge is 0.481 e. The maximum Gasteiger partial charge on any atom is 0.341 e. The molecule has 4 rings (SSSR count). The van der Waals surface area contributed by atoms with Crippen LogP contribution in [0.1, 0.15) is 41.0 Å². The molecule has 33 heavy (non-hydrogen) atoms. The van der Waals surface area contributed by atoms with E-state index in [0.29, 0.717) is 36.5 Å². The number of carbonyl (C=O) groups is 1. The van der Waals surface area contributed by atoms with Gasteiger partial charge < -0.3 is 14.2 Å². The molecule has 3 heterocycles. The van der Waals surface area contributed by atoms with Crippen molar-refractivity contribution in [1.29, 1.82) is 0 Å². The summed E-state index contributed by atoms with van der Waals surface area (Å²) in [5.74, 6) is -1.83. The van der Waals surface area contributed by atoms with Crippen molar-refractivity contribution < 1.29 is 27.8 Å². The molecule has 0 saturated carbocycles.